The molecule has 2 amide bonds. The zero-order chi connectivity index (χ0) is 24.9. The van der Waals surface area contributed by atoms with Gasteiger partial charge in [-0.05, 0) is 107 Å². The lowest BCUT2D eigenvalue weighted by Crippen LogP contribution is -2.27. The van der Waals surface area contributed by atoms with E-state index in [1.54, 1.807) is 48.5 Å². The van der Waals surface area contributed by atoms with E-state index >= 15 is 0 Å². The van der Waals surface area contributed by atoms with Crippen molar-refractivity contribution >= 4 is 69.1 Å². The summed E-state index contributed by atoms with van der Waals surface area (Å²) >= 11 is 8.97. The first kappa shape index (κ1) is 25.3. The summed E-state index contributed by atoms with van der Waals surface area (Å²) in [4.78, 5) is 39.4. The fraction of sp³-hybridized carbons (Fsp3) is 0.115. The highest BCUT2D eigenvalue weighted by atomic mass is 127. The van der Waals surface area contributed by atoms with Gasteiger partial charge in [-0.2, -0.15) is 0 Å². The zero-order valence-electron chi connectivity index (χ0n) is 18.5. The van der Waals surface area contributed by atoms with E-state index in [1.165, 1.54) is 4.90 Å². The van der Waals surface area contributed by atoms with Gasteiger partial charge >= 0.3 is 5.97 Å². The number of carbonyl (C=O) groups is 3. The summed E-state index contributed by atoms with van der Waals surface area (Å²) in [5.74, 6) is -0.306. The number of halogens is 2. The summed E-state index contributed by atoms with van der Waals surface area (Å²) < 4.78 is 12.3. The molecule has 4 rings (SSSR count). The van der Waals surface area contributed by atoms with Crippen molar-refractivity contribution in [2.45, 2.75) is 13.5 Å². The molecule has 1 fully saturated rings. The third-order valence-electron chi connectivity index (χ3n) is 4.98. The molecule has 1 heterocycles. The normalized spacial score (nSPS) is 14.5. The number of rotatable bonds is 7. The second kappa shape index (κ2) is 11.3. The number of hydrogen-bond donors (Lipinski definition) is 0. The Bertz CT molecular complexity index is 1310. The van der Waals surface area contributed by atoms with Gasteiger partial charge in [0.05, 0.1) is 23.6 Å². The Labute approximate surface area is 225 Å². The first-order chi connectivity index (χ1) is 16.8. The van der Waals surface area contributed by atoms with E-state index in [9.17, 15) is 14.4 Å². The lowest BCUT2D eigenvalue weighted by atomic mass is 10.1. The summed E-state index contributed by atoms with van der Waals surface area (Å²) in [6.07, 6.45) is 1.63. The average molecular weight is 620 g/mol. The fourth-order valence-electron chi connectivity index (χ4n) is 3.27. The third-order valence-corrected chi connectivity index (χ3v) is 6.85. The average Bonchev–Trinajstić information content (AvgIpc) is 3.10. The highest BCUT2D eigenvalue weighted by Gasteiger charge is 2.35. The predicted octanol–water partition coefficient (Wildman–Crippen LogP) is 6.80. The van der Waals surface area contributed by atoms with Crippen molar-refractivity contribution in [3.8, 4) is 11.5 Å². The van der Waals surface area contributed by atoms with Gasteiger partial charge in [0, 0.05) is 8.59 Å². The van der Waals surface area contributed by atoms with E-state index in [-0.39, 0.29) is 23.4 Å². The fourth-order valence-corrected chi connectivity index (χ4v) is 4.60. The van der Waals surface area contributed by atoms with Crippen LogP contribution < -0.4 is 9.47 Å². The van der Waals surface area contributed by atoms with E-state index in [0.717, 1.165) is 20.9 Å². The van der Waals surface area contributed by atoms with Gasteiger partial charge in [-0.15, -0.1) is 0 Å². The molecule has 0 N–H and O–H groups in total. The minimum Gasteiger partial charge on any atom is -0.490 e. The van der Waals surface area contributed by atoms with E-state index in [4.69, 9.17) is 21.1 Å². The Morgan fingerprint density at radius 3 is 2.43 bits per heavy atom. The third kappa shape index (κ3) is 6.25. The van der Waals surface area contributed by atoms with Crippen LogP contribution in [0.15, 0.2) is 71.6 Å². The largest absolute Gasteiger partial charge is 0.490 e. The van der Waals surface area contributed by atoms with Crippen LogP contribution in [0.2, 0.25) is 5.02 Å². The number of carbonyl (C=O) groups excluding carboxylic acids is 3. The van der Waals surface area contributed by atoms with Crippen molar-refractivity contribution in [1.29, 1.82) is 0 Å². The Balaban J connectivity index is 1.52. The van der Waals surface area contributed by atoms with Gasteiger partial charge in [-0.1, -0.05) is 29.8 Å². The number of benzene rings is 3. The Kier molecular flexibility index (Phi) is 8.15. The van der Waals surface area contributed by atoms with E-state index < -0.39 is 5.97 Å². The Hall–Kier alpha value is -2.82. The zero-order valence-corrected chi connectivity index (χ0v) is 22.2. The standard InChI is InChI=1S/C26H19ClINO5S/c1-2-33-22-13-17(5-12-21(22)34-25(31)18-6-8-19(27)9-7-18)14-23-24(30)29(26(32)35-23)15-16-3-10-20(28)11-4-16/h3-14H,2,15H2,1H3/b23-14-. The molecular formula is C26H19ClINO5S. The van der Waals surface area contributed by atoms with Crippen molar-refractivity contribution in [1.82, 2.24) is 4.90 Å². The summed E-state index contributed by atoms with van der Waals surface area (Å²) in [5, 5.41) is 0.196. The highest BCUT2D eigenvalue weighted by Crippen LogP contribution is 2.35. The van der Waals surface area contributed by atoms with Gasteiger partial charge in [-0.3, -0.25) is 14.5 Å². The smallest absolute Gasteiger partial charge is 0.343 e. The quantitative estimate of drug-likeness (QED) is 0.125. The second-order valence-corrected chi connectivity index (χ2v) is 10.1. The minimum atomic E-state index is -0.549. The topological polar surface area (TPSA) is 72.9 Å². The highest BCUT2D eigenvalue weighted by molar-refractivity contribution is 14.1. The SMILES string of the molecule is CCOc1cc(/C=C2\SC(=O)N(Cc3ccc(I)cc3)C2=O)ccc1OC(=O)c1ccc(Cl)cc1. The van der Waals surface area contributed by atoms with Crippen molar-refractivity contribution in [2.75, 3.05) is 6.61 Å². The molecule has 0 unspecified atom stereocenters. The van der Waals surface area contributed by atoms with Crippen LogP contribution in [0.5, 0.6) is 11.5 Å². The molecule has 0 spiro atoms. The van der Waals surface area contributed by atoms with E-state index in [0.29, 0.717) is 33.4 Å². The molecule has 9 heteroatoms. The molecule has 6 nitrogen and oxygen atoms in total. The minimum absolute atomic E-state index is 0.211. The number of thioether (sulfide) groups is 1. The molecule has 1 aliphatic rings. The molecule has 0 saturated carbocycles. The van der Waals surface area contributed by atoms with Crippen LogP contribution in [0.25, 0.3) is 6.08 Å². The molecule has 0 bridgehead atoms. The van der Waals surface area contributed by atoms with Gasteiger partial charge in [0.2, 0.25) is 0 Å². The number of nitrogens with zero attached hydrogens (tertiary/aromatic N) is 1. The number of hydrogen-bond acceptors (Lipinski definition) is 6. The summed E-state index contributed by atoms with van der Waals surface area (Å²) in [6.45, 7) is 2.37. The molecule has 35 heavy (non-hydrogen) atoms. The van der Waals surface area contributed by atoms with Gasteiger partial charge in [-0.25, -0.2) is 4.79 Å². The molecule has 0 atom stereocenters. The Morgan fingerprint density at radius 2 is 1.74 bits per heavy atom. The number of amides is 2. The van der Waals surface area contributed by atoms with Crippen molar-refractivity contribution in [2.24, 2.45) is 0 Å². The molecule has 1 aliphatic heterocycles. The van der Waals surface area contributed by atoms with Crippen LogP contribution >= 0.6 is 46.0 Å². The maximum atomic E-state index is 12.9. The summed E-state index contributed by atoms with van der Waals surface area (Å²) in [7, 11) is 0. The van der Waals surface area contributed by atoms with Crippen molar-refractivity contribution in [3.63, 3.8) is 0 Å². The van der Waals surface area contributed by atoms with Crippen molar-refractivity contribution in [3.05, 3.63) is 96.9 Å². The van der Waals surface area contributed by atoms with Gasteiger partial charge < -0.3 is 9.47 Å². The maximum absolute atomic E-state index is 12.9. The van der Waals surface area contributed by atoms with E-state index in [1.807, 2.05) is 31.2 Å². The number of imide groups is 1. The molecule has 0 aromatic heterocycles. The maximum Gasteiger partial charge on any atom is 0.343 e. The molecule has 1 saturated heterocycles. The molecule has 178 valence electrons. The van der Waals surface area contributed by atoms with Gasteiger partial charge in [0.15, 0.2) is 11.5 Å². The molecule has 3 aromatic rings. The lowest BCUT2D eigenvalue weighted by Gasteiger charge is -2.13. The Morgan fingerprint density at radius 1 is 1.03 bits per heavy atom. The summed E-state index contributed by atoms with van der Waals surface area (Å²) in [5.41, 5.74) is 1.86. The molecule has 0 aliphatic carbocycles. The number of esters is 1. The summed E-state index contributed by atoms with van der Waals surface area (Å²) in [6, 6.07) is 19.0. The molecule has 0 radical (unpaired) electrons. The first-order valence-corrected chi connectivity index (χ1v) is 12.9. The monoisotopic (exact) mass is 619 g/mol. The van der Waals surface area contributed by atoms with Crippen LogP contribution in [0.4, 0.5) is 4.79 Å². The predicted molar refractivity (Wildman–Crippen MR) is 145 cm³/mol. The number of ether oxygens (including phenoxy) is 2. The van der Waals surface area contributed by atoms with Crippen LogP contribution in [0.3, 0.4) is 0 Å². The van der Waals surface area contributed by atoms with Crippen LogP contribution in [0, 0.1) is 3.57 Å². The van der Waals surface area contributed by atoms with Crippen LogP contribution in [-0.2, 0) is 11.3 Å². The van der Waals surface area contributed by atoms with Gasteiger partial charge in [0.1, 0.15) is 0 Å². The van der Waals surface area contributed by atoms with Crippen LogP contribution in [-0.4, -0.2) is 28.6 Å². The second-order valence-electron chi connectivity index (χ2n) is 7.43. The lowest BCUT2D eigenvalue weighted by molar-refractivity contribution is -0.123. The van der Waals surface area contributed by atoms with E-state index in [2.05, 4.69) is 22.6 Å². The van der Waals surface area contributed by atoms with Crippen LogP contribution in [0.1, 0.15) is 28.4 Å². The van der Waals surface area contributed by atoms with Crippen molar-refractivity contribution < 1.29 is 23.9 Å². The molecular weight excluding hydrogens is 601 g/mol. The molecule has 3 aromatic carbocycles. The first-order valence-electron chi connectivity index (χ1n) is 10.6. The van der Waals surface area contributed by atoms with Gasteiger partial charge in [0.25, 0.3) is 11.1 Å².